The van der Waals surface area contributed by atoms with Gasteiger partial charge in [-0.3, -0.25) is 18.7 Å². The Bertz CT molecular complexity index is 820. The van der Waals surface area contributed by atoms with Crippen molar-refractivity contribution in [3.8, 4) is 0 Å². The quantitative estimate of drug-likeness (QED) is 0.742. The Kier molecular flexibility index (Phi) is 6.17. The van der Waals surface area contributed by atoms with E-state index in [1.54, 1.807) is 23.9 Å². The first-order valence-corrected chi connectivity index (χ1v) is 7.05. The summed E-state index contributed by atoms with van der Waals surface area (Å²) >= 11 is 0. The molecule has 0 aliphatic carbocycles. The molecule has 0 aliphatic heterocycles. The van der Waals surface area contributed by atoms with Gasteiger partial charge in [0, 0.05) is 32.9 Å². The van der Waals surface area contributed by atoms with Crippen LogP contribution in [0.25, 0.3) is 11.0 Å². The highest BCUT2D eigenvalue weighted by atomic mass is 35.5. The number of likely N-dealkylation sites (N-methyl/N-ethyl adjacent to an activating group) is 1. The first-order valence-electron chi connectivity index (χ1n) is 7.05. The molecule has 2 rings (SSSR count). The molecular formula is C14H22ClN5O3. The summed E-state index contributed by atoms with van der Waals surface area (Å²) in [6.45, 7) is 2.52. The lowest BCUT2D eigenvalue weighted by molar-refractivity contribution is -0.121. The standard InChI is InChI=1S/C14H21N5O3.ClH/c1-9(15-2)7-16-11(20)8-19-6-5-10-12(19)17(3)14(22)18(4)13(10)21;/h5-6,9,15H,7-8H2,1-4H3,(H,16,20);1H. The Morgan fingerprint density at radius 2 is 1.91 bits per heavy atom. The monoisotopic (exact) mass is 343 g/mol. The van der Waals surface area contributed by atoms with E-state index in [0.29, 0.717) is 17.6 Å². The van der Waals surface area contributed by atoms with Crippen molar-refractivity contribution in [2.45, 2.75) is 19.5 Å². The predicted octanol–water partition coefficient (Wildman–Crippen LogP) is -0.815. The van der Waals surface area contributed by atoms with E-state index >= 15 is 0 Å². The number of aromatic nitrogens is 3. The smallest absolute Gasteiger partial charge is 0.332 e. The lowest BCUT2D eigenvalue weighted by atomic mass is 10.3. The fourth-order valence-corrected chi connectivity index (χ4v) is 2.29. The van der Waals surface area contributed by atoms with Crippen molar-refractivity contribution in [2.75, 3.05) is 13.6 Å². The third-order valence-electron chi connectivity index (χ3n) is 3.77. The van der Waals surface area contributed by atoms with Crippen LogP contribution in [0.3, 0.4) is 0 Å². The number of carbonyl (C=O) groups excluding carboxylic acids is 1. The largest absolute Gasteiger partial charge is 0.353 e. The summed E-state index contributed by atoms with van der Waals surface area (Å²) in [7, 11) is 4.84. The highest BCUT2D eigenvalue weighted by Gasteiger charge is 2.14. The molecule has 0 bridgehead atoms. The van der Waals surface area contributed by atoms with Gasteiger partial charge in [-0.15, -0.1) is 12.4 Å². The minimum atomic E-state index is -0.415. The van der Waals surface area contributed by atoms with E-state index in [1.165, 1.54) is 11.6 Å². The topological polar surface area (TPSA) is 90.1 Å². The van der Waals surface area contributed by atoms with Gasteiger partial charge in [-0.2, -0.15) is 0 Å². The molecule has 0 saturated carbocycles. The third kappa shape index (κ3) is 3.65. The summed E-state index contributed by atoms with van der Waals surface area (Å²) in [5.41, 5.74) is -0.326. The van der Waals surface area contributed by atoms with Gasteiger partial charge in [-0.25, -0.2) is 4.79 Å². The summed E-state index contributed by atoms with van der Waals surface area (Å²) in [5, 5.41) is 6.25. The van der Waals surface area contributed by atoms with Crippen LogP contribution in [0, 0.1) is 0 Å². The normalized spacial score (nSPS) is 12.0. The van der Waals surface area contributed by atoms with Crippen LogP contribution in [0.4, 0.5) is 0 Å². The van der Waals surface area contributed by atoms with E-state index in [9.17, 15) is 14.4 Å². The van der Waals surface area contributed by atoms with Gasteiger partial charge in [0.2, 0.25) is 5.91 Å². The van der Waals surface area contributed by atoms with Crippen LogP contribution in [0.1, 0.15) is 6.92 Å². The molecule has 2 aromatic heterocycles. The van der Waals surface area contributed by atoms with E-state index in [2.05, 4.69) is 10.6 Å². The average Bonchev–Trinajstić information content (AvgIpc) is 2.92. The molecule has 23 heavy (non-hydrogen) atoms. The molecular weight excluding hydrogens is 322 g/mol. The number of hydrogen-bond acceptors (Lipinski definition) is 4. The van der Waals surface area contributed by atoms with Crippen molar-refractivity contribution in [1.82, 2.24) is 24.3 Å². The molecule has 0 aliphatic rings. The van der Waals surface area contributed by atoms with Crippen molar-refractivity contribution in [3.05, 3.63) is 33.1 Å². The molecule has 0 fully saturated rings. The molecule has 2 aromatic rings. The van der Waals surface area contributed by atoms with Crippen LogP contribution >= 0.6 is 12.4 Å². The van der Waals surface area contributed by atoms with E-state index in [0.717, 1.165) is 4.57 Å². The highest BCUT2D eigenvalue weighted by molar-refractivity contribution is 5.85. The van der Waals surface area contributed by atoms with Gasteiger partial charge in [-0.1, -0.05) is 0 Å². The Morgan fingerprint density at radius 3 is 2.52 bits per heavy atom. The zero-order chi connectivity index (χ0) is 16.4. The summed E-state index contributed by atoms with van der Waals surface area (Å²) in [6, 6.07) is 1.79. The van der Waals surface area contributed by atoms with Gasteiger partial charge in [0.15, 0.2) is 0 Å². The lowest BCUT2D eigenvalue weighted by Crippen LogP contribution is -2.39. The second kappa shape index (κ2) is 7.47. The maximum atomic E-state index is 12.1. The van der Waals surface area contributed by atoms with Crippen molar-refractivity contribution >= 4 is 29.3 Å². The van der Waals surface area contributed by atoms with E-state index in [-0.39, 0.29) is 36.5 Å². The number of aryl methyl sites for hydroxylation is 1. The van der Waals surface area contributed by atoms with E-state index in [1.807, 2.05) is 14.0 Å². The molecule has 8 nitrogen and oxygen atoms in total. The van der Waals surface area contributed by atoms with Crippen LogP contribution in [0.5, 0.6) is 0 Å². The van der Waals surface area contributed by atoms with Crippen LogP contribution in [-0.2, 0) is 25.4 Å². The number of hydrogen-bond donors (Lipinski definition) is 2. The molecule has 2 N–H and O–H groups in total. The van der Waals surface area contributed by atoms with Crippen LogP contribution < -0.4 is 21.9 Å². The van der Waals surface area contributed by atoms with Crippen molar-refractivity contribution < 1.29 is 4.79 Å². The fourth-order valence-electron chi connectivity index (χ4n) is 2.29. The van der Waals surface area contributed by atoms with Crippen molar-refractivity contribution in [1.29, 1.82) is 0 Å². The SMILES string of the molecule is CNC(C)CNC(=O)Cn1ccc2c(=O)n(C)c(=O)n(C)c21.Cl. The Morgan fingerprint density at radius 1 is 1.26 bits per heavy atom. The average molecular weight is 344 g/mol. The van der Waals surface area contributed by atoms with E-state index in [4.69, 9.17) is 0 Å². The molecule has 128 valence electrons. The molecule has 9 heteroatoms. The first kappa shape index (κ1) is 19.0. The fraction of sp³-hybridized carbons (Fsp3) is 0.500. The number of nitrogens with zero attached hydrogens (tertiary/aromatic N) is 3. The minimum Gasteiger partial charge on any atom is -0.353 e. The zero-order valence-corrected chi connectivity index (χ0v) is 14.4. The Balaban J connectivity index is 0.00000264. The summed E-state index contributed by atoms with van der Waals surface area (Å²) in [6.07, 6.45) is 1.65. The second-order valence-corrected chi connectivity index (χ2v) is 5.38. The van der Waals surface area contributed by atoms with Crippen LogP contribution in [0.2, 0.25) is 0 Å². The van der Waals surface area contributed by atoms with Gasteiger partial charge >= 0.3 is 5.69 Å². The number of nitrogens with one attached hydrogen (secondary N) is 2. The molecule has 0 aromatic carbocycles. The summed E-state index contributed by atoms with van der Waals surface area (Å²) in [4.78, 5) is 36.1. The lowest BCUT2D eigenvalue weighted by Gasteiger charge is -2.13. The molecule has 2 heterocycles. The number of carbonyl (C=O) groups is 1. The maximum absolute atomic E-state index is 12.1. The van der Waals surface area contributed by atoms with Gasteiger partial charge < -0.3 is 15.2 Å². The van der Waals surface area contributed by atoms with Crippen LogP contribution in [-0.4, -0.2) is 39.2 Å². The first-order chi connectivity index (χ1) is 10.4. The molecule has 1 amide bonds. The van der Waals surface area contributed by atoms with Gasteiger partial charge in [0.1, 0.15) is 12.2 Å². The Labute approximate surface area is 139 Å². The molecule has 1 atom stereocenters. The number of amides is 1. The molecule has 0 radical (unpaired) electrons. The molecule has 0 spiro atoms. The van der Waals surface area contributed by atoms with E-state index < -0.39 is 5.69 Å². The third-order valence-corrected chi connectivity index (χ3v) is 3.77. The number of halogens is 1. The van der Waals surface area contributed by atoms with Gasteiger partial charge in [0.25, 0.3) is 5.56 Å². The van der Waals surface area contributed by atoms with Crippen molar-refractivity contribution in [2.24, 2.45) is 14.1 Å². The number of rotatable bonds is 5. The zero-order valence-electron chi connectivity index (χ0n) is 13.6. The van der Waals surface area contributed by atoms with Crippen LogP contribution in [0.15, 0.2) is 21.9 Å². The summed E-state index contributed by atoms with van der Waals surface area (Å²) in [5.74, 6) is -0.173. The van der Waals surface area contributed by atoms with Gasteiger partial charge in [0.05, 0.1) is 5.39 Å². The molecule has 0 saturated heterocycles. The second-order valence-electron chi connectivity index (χ2n) is 5.38. The predicted molar refractivity (Wildman–Crippen MR) is 91.2 cm³/mol. The summed E-state index contributed by atoms with van der Waals surface area (Å²) < 4.78 is 4.04. The minimum absolute atomic E-state index is 0. The maximum Gasteiger partial charge on any atom is 0.332 e. The molecule has 1 unspecified atom stereocenters. The van der Waals surface area contributed by atoms with Gasteiger partial charge in [-0.05, 0) is 20.0 Å². The highest BCUT2D eigenvalue weighted by Crippen LogP contribution is 2.09. The van der Waals surface area contributed by atoms with Crippen molar-refractivity contribution in [3.63, 3.8) is 0 Å². The Hall–Kier alpha value is -2.06. The number of fused-ring (bicyclic) bond motifs is 1.